The summed E-state index contributed by atoms with van der Waals surface area (Å²) in [5.74, 6) is 0.735. The highest BCUT2D eigenvalue weighted by Crippen LogP contribution is 2.36. The Morgan fingerprint density at radius 2 is 1.77 bits per heavy atom. The van der Waals surface area contributed by atoms with Gasteiger partial charge in [0.05, 0.1) is 24.4 Å². The Kier molecular flexibility index (Phi) is 5.52. The van der Waals surface area contributed by atoms with Crippen LogP contribution in [0, 0.1) is 0 Å². The quantitative estimate of drug-likeness (QED) is 0.731. The maximum absolute atomic E-state index is 7.30. The van der Waals surface area contributed by atoms with Gasteiger partial charge in [0.25, 0.3) is 0 Å². The second-order valence-electron chi connectivity index (χ2n) is 8.00. The summed E-state index contributed by atoms with van der Waals surface area (Å²) in [7, 11) is -0.380. The zero-order valence-electron chi connectivity index (χ0n) is 17.2. The minimum absolute atomic E-state index is 0.300. The molecular formula is C19H30BNO5. The minimum atomic E-state index is -0.380. The molecule has 0 amide bonds. The number of morpholine rings is 1. The van der Waals surface area contributed by atoms with E-state index in [1.807, 2.05) is 52.0 Å². The summed E-state index contributed by atoms with van der Waals surface area (Å²) in [5.41, 5.74) is 0.248. The van der Waals surface area contributed by atoms with E-state index in [9.17, 15) is 0 Å². The van der Waals surface area contributed by atoms with Crippen molar-refractivity contribution in [2.75, 3.05) is 39.5 Å². The van der Waals surface area contributed by atoms with Crippen LogP contribution in [0.15, 0.2) is 24.3 Å². The van der Waals surface area contributed by atoms with E-state index in [1.165, 1.54) is 0 Å². The van der Waals surface area contributed by atoms with Gasteiger partial charge in [-0.3, -0.25) is 4.90 Å². The Balaban J connectivity index is 1.51. The first-order valence-corrected chi connectivity index (χ1v) is 9.31. The van der Waals surface area contributed by atoms with E-state index in [1.54, 1.807) is 0 Å². The fourth-order valence-corrected chi connectivity index (χ4v) is 3.01. The fraction of sp³-hybridized carbons (Fsp3) is 0.684. The number of β-amino-alcohol motifs (C(OH)–C–C–N with tert-alkyl or cyclic N) is 1. The number of benzene rings is 1. The third-order valence-corrected chi connectivity index (χ3v) is 5.41. The molecule has 2 aliphatic rings. The molecule has 0 aromatic heterocycles. The van der Waals surface area contributed by atoms with Crippen LogP contribution in [0.2, 0.25) is 0 Å². The van der Waals surface area contributed by atoms with Crippen molar-refractivity contribution in [1.82, 2.24) is 4.90 Å². The predicted molar refractivity (Wildman–Crippen MR) is 101 cm³/mol. The Morgan fingerprint density at radius 1 is 1.15 bits per heavy atom. The summed E-state index contributed by atoms with van der Waals surface area (Å²) >= 11 is 0. The summed E-state index contributed by atoms with van der Waals surface area (Å²) in [4.78, 5) is 2.23. The monoisotopic (exact) mass is 364 g/mol. The molecule has 7 heteroatoms. The van der Waals surface area contributed by atoms with Crippen molar-refractivity contribution in [1.29, 1.82) is 1.43 Å². The van der Waals surface area contributed by atoms with Gasteiger partial charge in [0, 0.05) is 19.6 Å². The van der Waals surface area contributed by atoms with Crippen LogP contribution in [0.1, 0.15) is 27.7 Å². The van der Waals surface area contributed by atoms with Crippen molar-refractivity contribution in [3.8, 4) is 5.75 Å². The maximum atomic E-state index is 7.30. The molecule has 2 fully saturated rings. The second kappa shape index (κ2) is 7.86. The van der Waals surface area contributed by atoms with Crippen LogP contribution in [-0.2, 0) is 14.0 Å². The maximum Gasteiger partial charge on any atom is 0.494 e. The van der Waals surface area contributed by atoms with Gasteiger partial charge >= 0.3 is 7.12 Å². The largest absolute Gasteiger partial charge is 0.494 e. The van der Waals surface area contributed by atoms with Crippen LogP contribution in [0.25, 0.3) is 0 Å². The molecule has 0 radical (unpaired) electrons. The Labute approximate surface area is 158 Å². The fourth-order valence-electron chi connectivity index (χ4n) is 3.01. The Morgan fingerprint density at radius 3 is 2.35 bits per heavy atom. The highest BCUT2D eigenvalue weighted by molar-refractivity contribution is 6.62. The number of hydrogen-bond acceptors (Lipinski definition) is 6. The van der Waals surface area contributed by atoms with Gasteiger partial charge in [-0.1, -0.05) is 12.1 Å². The lowest BCUT2D eigenvalue weighted by molar-refractivity contribution is 0.00465. The molecule has 1 unspecified atom stereocenters. The van der Waals surface area contributed by atoms with E-state index in [0.29, 0.717) is 13.2 Å². The summed E-state index contributed by atoms with van der Waals surface area (Å²) in [6, 6.07) is 7.71. The molecule has 0 aliphatic carbocycles. The Hall–Kier alpha value is -1.12. The average molecular weight is 364 g/mol. The SMILES string of the molecule is [2H]OC(COc1ccc(B2OC(C)(C)C(C)(C)O2)cc1)CN1CCOCC1. The van der Waals surface area contributed by atoms with Gasteiger partial charge in [-0.05, 0) is 45.3 Å². The van der Waals surface area contributed by atoms with Crippen LogP contribution in [-0.4, -0.2) is 75.3 Å². The lowest BCUT2D eigenvalue weighted by Crippen LogP contribution is -2.42. The standard InChI is InChI=1S/C19H30BNO5/c1-18(2)19(3,4)26-20(25-18)15-5-7-17(8-6-15)24-14-16(22)13-21-9-11-23-12-10-21/h5-8,16,22H,9-14H2,1-4H3/i22D. The predicted octanol–water partition coefficient (Wildman–Crippen LogP) is 1.06. The average Bonchev–Trinajstić information content (AvgIpc) is 2.87. The number of hydrogen-bond donors (Lipinski definition) is 1. The molecule has 1 aromatic carbocycles. The molecule has 2 aliphatic heterocycles. The van der Waals surface area contributed by atoms with E-state index in [0.717, 1.165) is 37.5 Å². The van der Waals surface area contributed by atoms with E-state index in [4.69, 9.17) is 25.3 Å². The number of rotatable bonds is 7. The molecule has 144 valence electrons. The third kappa shape index (κ3) is 4.59. The van der Waals surface area contributed by atoms with Gasteiger partial charge in [-0.15, -0.1) is 0 Å². The highest BCUT2D eigenvalue weighted by Gasteiger charge is 2.51. The molecule has 1 aromatic rings. The molecule has 0 saturated carbocycles. The van der Waals surface area contributed by atoms with E-state index < -0.39 is 0 Å². The Bertz CT molecular complexity index is 591. The lowest BCUT2D eigenvalue weighted by Gasteiger charge is -2.32. The molecular weight excluding hydrogens is 333 g/mol. The number of aliphatic hydroxyl groups excluding tert-OH is 1. The van der Waals surface area contributed by atoms with E-state index in [-0.39, 0.29) is 24.4 Å². The molecule has 0 bridgehead atoms. The highest BCUT2D eigenvalue weighted by atomic mass is 16.7. The van der Waals surface area contributed by atoms with Crippen molar-refractivity contribution < 1.29 is 23.9 Å². The van der Waals surface area contributed by atoms with Gasteiger partial charge in [0.1, 0.15) is 18.5 Å². The van der Waals surface area contributed by atoms with Crippen LogP contribution in [0.5, 0.6) is 5.75 Å². The van der Waals surface area contributed by atoms with Crippen LogP contribution in [0.4, 0.5) is 0 Å². The molecule has 1 N–H and O–H groups in total. The third-order valence-electron chi connectivity index (χ3n) is 5.41. The molecule has 2 saturated heterocycles. The van der Waals surface area contributed by atoms with Crippen LogP contribution >= 0.6 is 0 Å². The van der Waals surface area contributed by atoms with Crippen LogP contribution in [0.3, 0.4) is 0 Å². The van der Waals surface area contributed by atoms with Crippen molar-refractivity contribution in [2.24, 2.45) is 0 Å². The smallest absolute Gasteiger partial charge is 0.491 e. The van der Waals surface area contributed by atoms with Crippen molar-refractivity contribution >= 4 is 12.6 Å². The summed E-state index contributed by atoms with van der Waals surface area (Å²) in [6.45, 7) is 12.3. The molecule has 2 heterocycles. The molecule has 1 atom stereocenters. The minimum Gasteiger partial charge on any atom is -0.491 e. The van der Waals surface area contributed by atoms with E-state index in [2.05, 4.69) is 4.90 Å². The summed E-state index contributed by atoms with van der Waals surface area (Å²) in [6.07, 6.45) is -0.300. The summed E-state index contributed by atoms with van der Waals surface area (Å²) < 4.78 is 30.6. The van der Waals surface area contributed by atoms with Gasteiger partial charge in [0.15, 0.2) is 0 Å². The van der Waals surface area contributed by atoms with Gasteiger partial charge in [0.2, 0.25) is 1.43 Å². The first kappa shape index (κ1) is 18.3. The molecule has 6 nitrogen and oxygen atoms in total. The first-order chi connectivity index (χ1) is 12.8. The van der Waals surface area contributed by atoms with Crippen molar-refractivity contribution in [3.63, 3.8) is 0 Å². The van der Waals surface area contributed by atoms with Crippen molar-refractivity contribution in [3.05, 3.63) is 24.3 Å². The number of aliphatic hydroxyl groups is 1. The number of nitrogens with zero attached hydrogens (tertiary/aromatic N) is 1. The lowest BCUT2D eigenvalue weighted by atomic mass is 9.79. The van der Waals surface area contributed by atoms with Crippen molar-refractivity contribution in [2.45, 2.75) is 45.0 Å². The topological polar surface area (TPSA) is 60.4 Å². The van der Waals surface area contributed by atoms with Gasteiger partial charge in [-0.2, -0.15) is 0 Å². The zero-order chi connectivity index (χ0) is 19.5. The summed E-state index contributed by atoms with van der Waals surface area (Å²) in [5, 5.41) is 4.83. The normalized spacial score (nSPS) is 24.3. The van der Waals surface area contributed by atoms with Gasteiger partial charge < -0.3 is 23.9 Å². The van der Waals surface area contributed by atoms with Crippen LogP contribution < -0.4 is 10.2 Å². The van der Waals surface area contributed by atoms with E-state index >= 15 is 0 Å². The number of ether oxygens (including phenoxy) is 2. The second-order valence-corrected chi connectivity index (χ2v) is 8.00. The zero-order valence-corrected chi connectivity index (χ0v) is 16.2. The molecule has 26 heavy (non-hydrogen) atoms. The first-order valence-electron chi connectivity index (χ1n) is 9.72. The molecule has 3 rings (SSSR count). The van der Waals surface area contributed by atoms with Gasteiger partial charge in [-0.25, -0.2) is 0 Å². The molecule has 0 spiro atoms.